The number of hydrogen-bond acceptors (Lipinski definition) is 4. The summed E-state index contributed by atoms with van der Waals surface area (Å²) in [5.41, 5.74) is 6.25. The van der Waals surface area contributed by atoms with Gasteiger partial charge in [-0.3, -0.25) is 4.98 Å². The molecule has 0 N–H and O–H groups in total. The average Bonchev–Trinajstić information content (AvgIpc) is 3.06. The fourth-order valence-corrected chi connectivity index (χ4v) is 3.29. The largest absolute Gasteiger partial charge is 0.264 e. The van der Waals surface area contributed by atoms with Crippen molar-refractivity contribution in [1.82, 2.24) is 19.6 Å². The van der Waals surface area contributed by atoms with Gasteiger partial charge in [0.2, 0.25) is 0 Å². The monoisotopic (exact) mass is 332 g/mol. The van der Waals surface area contributed by atoms with Crippen molar-refractivity contribution in [3.8, 4) is 22.4 Å². The molecular weight excluding hydrogens is 316 g/mol. The quantitative estimate of drug-likeness (QED) is 0.519. The van der Waals surface area contributed by atoms with E-state index in [2.05, 4.69) is 52.5 Å². The summed E-state index contributed by atoms with van der Waals surface area (Å²) < 4.78 is 1.90. The fourth-order valence-electron chi connectivity index (χ4n) is 2.83. The summed E-state index contributed by atoms with van der Waals surface area (Å²) in [5, 5.41) is 4.52. The van der Waals surface area contributed by atoms with E-state index in [0.29, 0.717) is 0 Å². The molecule has 3 heterocycles. The Labute approximate surface area is 144 Å². The molecule has 118 valence electrons. The number of hydrogen-bond donors (Lipinski definition) is 0. The van der Waals surface area contributed by atoms with Crippen LogP contribution in [-0.2, 0) is 0 Å². The van der Waals surface area contributed by atoms with Crippen LogP contribution in [0.25, 0.3) is 28.0 Å². The Morgan fingerprint density at radius 1 is 1.00 bits per heavy atom. The van der Waals surface area contributed by atoms with Gasteiger partial charge in [0.05, 0.1) is 11.9 Å². The van der Waals surface area contributed by atoms with Crippen LogP contribution in [0.5, 0.6) is 0 Å². The Morgan fingerprint density at radius 2 is 1.92 bits per heavy atom. The Hall–Kier alpha value is -2.66. The second kappa shape index (κ2) is 6.09. The highest BCUT2D eigenvalue weighted by molar-refractivity contribution is 7.98. The molecule has 0 amide bonds. The van der Waals surface area contributed by atoms with Gasteiger partial charge in [-0.05, 0) is 43.0 Å². The van der Waals surface area contributed by atoms with E-state index >= 15 is 0 Å². The van der Waals surface area contributed by atoms with Crippen molar-refractivity contribution in [2.45, 2.75) is 11.8 Å². The van der Waals surface area contributed by atoms with E-state index in [1.807, 2.05) is 41.4 Å². The number of aromatic nitrogens is 4. The smallest absolute Gasteiger partial charge is 0.162 e. The first-order chi connectivity index (χ1) is 11.8. The van der Waals surface area contributed by atoms with Crippen molar-refractivity contribution >= 4 is 17.4 Å². The minimum absolute atomic E-state index is 0.846. The molecule has 0 saturated carbocycles. The molecule has 24 heavy (non-hydrogen) atoms. The maximum absolute atomic E-state index is 4.63. The lowest BCUT2D eigenvalue weighted by atomic mass is 10.1. The highest BCUT2D eigenvalue weighted by atomic mass is 32.2. The predicted octanol–water partition coefficient (Wildman–Crippen LogP) is 4.49. The summed E-state index contributed by atoms with van der Waals surface area (Å²) in [6, 6.07) is 12.4. The zero-order chi connectivity index (χ0) is 16.5. The minimum atomic E-state index is 0.846. The summed E-state index contributed by atoms with van der Waals surface area (Å²) in [6.45, 7) is 2.08. The summed E-state index contributed by atoms with van der Waals surface area (Å²) in [4.78, 5) is 10.1. The zero-order valence-corrected chi connectivity index (χ0v) is 14.3. The molecule has 5 heteroatoms. The first-order valence-electron chi connectivity index (χ1n) is 7.66. The standard InChI is InChI=1S/C19H16N4S/c1-13-6-8-20-11-17(13)16-7-9-22-23-18(12-21-19(16)23)14-4-3-5-15(10-14)24-2/h3-12H,1-2H3. The molecule has 0 aliphatic rings. The third kappa shape index (κ3) is 2.47. The van der Waals surface area contributed by atoms with Gasteiger partial charge in [0, 0.05) is 40.2 Å². The van der Waals surface area contributed by atoms with E-state index in [0.717, 1.165) is 28.0 Å². The molecule has 3 aromatic heterocycles. The van der Waals surface area contributed by atoms with Crippen molar-refractivity contribution in [2.75, 3.05) is 6.26 Å². The maximum Gasteiger partial charge on any atom is 0.162 e. The van der Waals surface area contributed by atoms with Crippen molar-refractivity contribution in [2.24, 2.45) is 0 Å². The van der Waals surface area contributed by atoms with Crippen LogP contribution in [-0.4, -0.2) is 25.8 Å². The summed E-state index contributed by atoms with van der Waals surface area (Å²) >= 11 is 1.73. The topological polar surface area (TPSA) is 43.1 Å². The number of imidazole rings is 1. The molecule has 0 radical (unpaired) electrons. The Kier molecular flexibility index (Phi) is 3.78. The van der Waals surface area contributed by atoms with Gasteiger partial charge in [-0.15, -0.1) is 11.8 Å². The molecule has 0 spiro atoms. The van der Waals surface area contributed by atoms with Crippen LogP contribution in [0.2, 0.25) is 0 Å². The van der Waals surface area contributed by atoms with Gasteiger partial charge in [-0.1, -0.05) is 12.1 Å². The molecule has 0 aliphatic heterocycles. The summed E-state index contributed by atoms with van der Waals surface area (Å²) in [7, 11) is 0. The van der Waals surface area contributed by atoms with Crippen LogP contribution in [0.4, 0.5) is 0 Å². The molecule has 0 fully saturated rings. The van der Waals surface area contributed by atoms with Crippen LogP contribution in [0.15, 0.2) is 66.1 Å². The van der Waals surface area contributed by atoms with Crippen LogP contribution >= 0.6 is 11.8 Å². The van der Waals surface area contributed by atoms with E-state index in [9.17, 15) is 0 Å². The Bertz CT molecular complexity index is 1020. The molecule has 0 aliphatic carbocycles. The van der Waals surface area contributed by atoms with Gasteiger partial charge in [-0.2, -0.15) is 5.10 Å². The van der Waals surface area contributed by atoms with E-state index in [1.165, 1.54) is 10.5 Å². The Morgan fingerprint density at radius 3 is 2.75 bits per heavy atom. The van der Waals surface area contributed by atoms with Crippen LogP contribution < -0.4 is 0 Å². The van der Waals surface area contributed by atoms with Gasteiger partial charge < -0.3 is 0 Å². The van der Waals surface area contributed by atoms with Crippen molar-refractivity contribution in [3.63, 3.8) is 0 Å². The van der Waals surface area contributed by atoms with Gasteiger partial charge in [0.1, 0.15) is 0 Å². The number of benzene rings is 1. The molecule has 4 rings (SSSR count). The van der Waals surface area contributed by atoms with Gasteiger partial charge in [0.25, 0.3) is 0 Å². The number of fused-ring (bicyclic) bond motifs is 1. The van der Waals surface area contributed by atoms with Crippen LogP contribution in [0, 0.1) is 6.92 Å². The van der Waals surface area contributed by atoms with Gasteiger partial charge in [0.15, 0.2) is 5.65 Å². The molecule has 0 atom stereocenters. The number of nitrogens with zero attached hydrogens (tertiary/aromatic N) is 4. The van der Waals surface area contributed by atoms with E-state index in [4.69, 9.17) is 0 Å². The lowest BCUT2D eigenvalue weighted by Gasteiger charge is -2.07. The fraction of sp³-hybridized carbons (Fsp3) is 0.105. The number of aryl methyl sites for hydroxylation is 1. The van der Waals surface area contributed by atoms with Crippen molar-refractivity contribution < 1.29 is 0 Å². The summed E-state index contributed by atoms with van der Waals surface area (Å²) in [5.74, 6) is 0. The molecule has 4 aromatic rings. The number of rotatable bonds is 3. The summed E-state index contributed by atoms with van der Waals surface area (Å²) in [6.07, 6.45) is 9.47. The van der Waals surface area contributed by atoms with Crippen LogP contribution in [0.3, 0.4) is 0 Å². The number of pyridine rings is 1. The highest BCUT2D eigenvalue weighted by Crippen LogP contribution is 2.29. The van der Waals surface area contributed by atoms with Gasteiger partial charge in [-0.25, -0.2) is 9.50 Å². The normalized spacial score (nSPS) is 11.1. The Balaban J connectivity index is 1.92. The van der Waals surface area contributed by atoms with Crippen molar-refractivity contribution in [1.29, 1.82) is 0 Å². The molecular formula is C19H16N4S. The third-order valence-corrected chi connectivity index (χ3v) is 4.82. The molecule has 0 bridgehead atoms. The second-order valence-electron chi connectivity index (χ2n) is 5.55. The first kappa shape index (κ1) is 14.9. The van der Waals surface area contributed by atoms with Crippen LogP contribution in [0.1, 0.15) is 5.56 Å². The minimum Gasteiger partial charge on any atom is -0.264 e. The van der Waals surface area contributed by atoms with E-state index in [-0.39, 0.29) is 0 Å². The lowest BCUT2D eigenvalue weighted by molar-refractivity contribution is 0.943. The molecule has 0 unspecified atom stereocenters. The van der Waals surface area contributed by atoms with Gasteiger partial charge >= 0.3 is 0 Å². The third-order valence-electron chi connectivity index (χ3n) is 4.10. The average molecular weight is 332 g/mol. The zero-order valence-electron chi connectivity index (χ0n) is 13.5. The van der Waals surface area contributed by atoms with E-state index < -0.39 is 0 Å². The first-order valence-corrected chi connectivity index (χ1v) is 8.88. The second-order valence-corrected chi connectivity index (χ2v) is 6.43. The highest BCUT2D eigenvalue weighted by Gasteiger charge is 2.13. The molecule has 1 aromatic carbocycles. The van der Waals surface area contributed by atoms with Crippen molar-refractivity contribution in [3.05, 3.63) is 66.7 Å². The van der Waals surface area contributed by atoms with E-state index in [1.54, 1.807) is 11.8 Å². The maximum atomic E-state index is 4.63. The molecule has 4 nitrogen and oxygen atoms in total. The lowest BCUT2D eigenvalue weighted by Crippen LogP contribution is -1.96. The predicted molar refractivity (Wildman–Crippen MR) is 98.2 cm³/mol. The number of thioether (sulfide) groups is 1. The SMILES string of the molecule is CSc1cccc(-c2cnc3c(-c4cnccc4C)ccnn23)c1. The molecule has 0 saturated heterocycles.